The first-order chi connectivity index (χ1) is 7.99. The summed E-state index contributed by atoms with van der Waals surface area (Å²) in [6, 6.07) is 5.69. The molecule has 0 saturated heterocycles. The van der Waals surface area contributed by atoms with Crippen LogP contribution in [0.2, 0.25) is 8.67 Å². The van der Waals surface area contributed by atoms with Gasteiger partial charge in [-0.3, -0.25) is 0 Å². The minimum atomic E-state index is -1.00. The van der Waals surface area contributed by atoms with Gasteiger partial charge in [0.25, 0.3) is 0 Å². The maximum absolute atomic E-state index is 13.1. The van der Waals surface area contributed by atoms with Crippen LogP contribution in [0.5, 0.6) is 0 Å². The molecule has 0 fully saturated rings. The number of halogens is 4. The molecular formula is C11H6BrCl2FOS. The van der Waals surface area contributed by atoms with Gasteiger partial charge in [0.15, 0.2) is 0 Å². The quantitative estimate of drug-likeness (QED) is 0.800. The average molecular weight is 356 g/mol. The molecule has 2 aromatic rings. The Hall–Kier alpha value is -0.130. The third-order valence-electron chi connectivity index (χ3n) is 2.23. The summed E-state index contributed by atoms with van der Waals surface area (Å²) in [7, 11) is 0. The van der Waals surface area contributed by atoms with Crippen molar-refractivity contribution in [3.8, 4) is 0 Å². The van der Waals surface area contributed by atoms with Crippen LogP contribution >= 0.6 is 50.5 Å². The molecule has 0 spiro atoms. The molecule has 1 aromatic carbocycles. The van der Waals surface area contributed by atoms with E-state index in [2.05, 4.69) is 15.9 Å². The van der Waals surface area contributed by atoms with Gasteiger partial charge in [-0.1, -0.05) is 39.1 Å². The number of aliphatic hydroxyl groups is 1. The highest BCUT2D eigenvalue weighted by Gasteiger charge is 2.19. The Morgan fingerprint density at radius 2 is 1.94 bits per heavy atom. The minimum absolute atomic E-state index is 0.402. The van der Waals surface area contributed by atoms with Crippen LogP contribution in [0, 0.1) is 5.82 Å². The molecular weight excluding hydrogens is 350 g/mol. The van der Waals surface area contributed by atoms with E-state index in [1.54, 1.807) is 6.07 Å². The third-order valence-corrected chi connectivity index (χ3v) is 4.47. The van der Waals surface area contributed by atoms with Gasteiger partial charge < -0.3 is 5.11 Å². The number of rotatable bonds is 2. The van der Waals surface area contributed by atoms with Gasteiger partial charge in [-0.05, 0) is 24.3 Å². The monoisotopic (exact) mass is 354 g/mol. The minimum Gasteiger partial charge on any atom is -0.384 e. The summed E-state index contributed by atoms with van der Waals surface area (Å²) >= 11 is 16.2. The van der Waals surface area contributed by atoms with E-state index >= 15 is 0 Å². The van der Waals surface area contributed by atoms with Gasteiger partial charge in [-0.15, -0.1) is 11.3 Å². The summed E-state index contributed by atoms with van der Waals surface area (Å²) in [6.45, 7) is 0. The van der Waals surface area contributed by atoms with E-state index in [9.17, 15) is 9.50 Å². The summed E-state index contributed by atoms with van der Waals surface area (Å²) in [5.74, 6) is -0.417. The smallest absolute Gasteiger partial charge is 0.123 e. The van der Waals surface area contributed by atoms with Crippen molar-refractivity contribution in [1.29, 1.82) is 0 Å². The lowest BCUT2D eigenvalue weighted by Crippen LogP contribution is -2.00. The Morgan fingerprint density at radius 3 is 2.53 bits per heavy atom. The average Bonchev–Trinajstić information content (AvgIpc) is 2.60. The lowest BCUT2D eigenvalue weighted by Gasteiger charge is -2.12. The Labute approximate surface area is 120 Å². The van der Waals surface area contributed by atoms with E-state index in [0.29, 0.717) is 24.3 Å². The molecule has 2 rings (SSSR count). The van der Waals surface area contributed by atoms with Gasteiger partial charge >= 0.3 is 0 Å². The van der Waals surface area contributed by atoms with Crippen LogP contribution in [-0.2, 0) is 0 Å². The molecule has 90 valence electrons. The van der Waals surface area contributed by atoms with E-state index in [0.717, 1.165) is 11.3 Å². The molecule has 6 heteroatoms. The van der Waals surface area contributed by atoms with Gasteiger partial charge in [0, 0.05) is 15.6 Å². The van der Waals surface area contributed by atoms with E-state index in [-0.39, 0.29) is 0 Å². The Kier molecular flexibility index (Phi) is 4.10. The maximum atomic E-state index is 13.1. The Bertz CT molecular complexity index is 558. The predicted molar refractivity (Wildman–Crippen MR) is 72.5 cm³/mol. The van der Waals surface area contributed by atoms with Crippen LogP contribution in [0.15, 0.2) is 28.7 Å². The van der Waals surface area contributed by atoms with E-state index < -0.39 is 11.9 Å². The number of benzene rings is 1. The Balaban J connectivity index is 2.46. The molecule has 17 heavy (non-hydrogen) atoms. The van der Waals surface area contributed by atoms with E-state index in [1.165, 1.54) is 18.2 Å². The fraction of sp³-hybridized carbons (Fsp3) is 0.0909. The van der Waals surface area contributed by atoms with E-state index in [1.807, 2.05) is 0 Å². The van der Waals surface area contributed by atoms with Gasteiger partial charge in [-0.25, -0.2) is 4.39 Å². The van der Waals surface area contributed by atoms with Crippen molar-refractivity contribution in [2.45, 2.75) is 6.10 Å². The van der Waals surface area contributed by atoms with Gasteiger partial charge in [-0.2, -0.15) is 0 Å². The first-order valence-electron chi connectivity index (χ1n) is 4.57. The third kappa shape index (κ3) is 2.83. The molecule has 1 atom stereocenters. The molecule has 0 radical (unpaired) electrons. The topological polar surface area (TPSA) is 20.2 Å². The first-order valence-corrected chi connectivity index (χ1v) is 6.93. The van der Waals surface area contributed by atoms with Crippen LogP contribution in [0.4, 0.5) is 4.39 Å². The lowest BCUT2D eigenvalue weighted by atomic mass is 10.0. The first kappa shape index (κ1) is 13.3. The molecule has 0 amide bonds. The van der Waals surface area contributed by atoms with Crippen molar-refractivity contribution in [3.05, 3.63) is 54.4 Å². The molecule has 0 aliphatic heterocycles. The van der Waals surface area contributed by atoms with Crippen molar-refractivity contribution < 1.29 is 9.50 Å². The normalized spacial score (nSPS) is 12.8. The number of hydrogen-bond donors (Lipinski definition) is 1. The molecule has 0 aliphatic carbocycles. The fourth-order valence-corrected chi connectivity index (χ4v) is 3.41. The SMILES string of the molecule is OC(c1cc(F)ccc1Br)c1cc(Cl)sc1Cl. The second-order valence-corrected chi connectivity index (χ2v) is 6.49. The summed E-state index contributed by atoms with van der Waals surface area (Å²) in [4.78, 5) is 0. The van der Waals surface area contributed by atoms with Crippen molar-refractivity contribution in [2.24, 2.45) is 0 Å². The van der Waals surface area contributed by atoms with Crippen molar-refractivity contribution in [3.63, 3.8) is 0 Å². The molecule has 1 N–H and O–H groups in total. The largest absolute Gasteiger partial charge is 0.384 e. The lowest BCUT2D eigenvalue weighted by molar-refractivity contribution is 0.219. The van der Waals surface area contributed by atoms with Gasteiger partial charge in [0.05, 0.1) is 4.34 Å². The highest BCUT2D eigenvalue weighted by molar-refractivity contribution is 9.10. The standard InChI is InChI=1S/C11H6BrCl2FOS/c12-8-2-1-5(15)3-6(8)10(16)7-4-9(13)17-11(7)14/h1-4,10,16H. The zero-order valence-corrected chi connectivity index (χ0v) is 12.2. The molecule has 0 bridgehead atoms. The number of thiophene rings is 1. The summed E-state index contributed by atoms with van der Waals surface area (Å²) in [5.41, 5.74) is 0.898. The van der Waals surface area contributed by atoms with E-state index in [4.69, 9.17) is 23.2 Å². The summed E-state index contributed by atoms with van der Waals surface area (Å²) in [5, 5.41) is 10.2. The van der Waals surface area contributed by atoms with Gasteiger partial charge in [0.2, 0.25) is 0 Å². The van der Waals surface area contributed by atoms with Crippen molar-refractivity contribution >= 4 is 50.5 Å². The summed E-state index contributed by atoms with van der Waals surface area (Å²) < 4.78 is 14.6. The van der Waals surface area contributed by atoms with Crippen LogP contribution in [0.1, 0.15) is 17.2 Å². The summed E-state index contributed by atoms with van der Waals surface area (Å²) in [6.07, 6.45) is -1.00. The number of aliphatic hydroxyl groups excluding tert-OH is 1. The fourth-order valence-electron chi connectivity index (χ4n) is 1.43. The molecule has 0 saturated carbocycles. The zero-order chi connectivity index (χ0) is 12.6. The van der Waals surface area contributed by atoms with Crippen molar-refractivity contribution in [2.75, 3.05) is 0 Å². The van der Waals surface area contributed by atoms with Crippen LogP contribution in [0.3, 0.4) is 0 Å². The maximum Gasteiger partial charge on any atom is 0.123 e. The molecule has 1 aromatic heterocycles. The second-order valence-electron chi connectivity index (χ2n) is 3.35. The zero-order valence-electron chi connectivity index (χ0n) is 8.25. The second kappa shape index (κ2) is 5.24. The van der Waals surface area contributed by atoms with Gasteiger partial charge in [0.1, 0.15) is 16.3 Å². The van der Waals surface area contributed by atoms with Crippen LogP contribution in [-0.4, -0.2) is 5.11 Å². The van der Waals surface area contributed by atoms with Crippen LogP contribution < -0.4 is 0 Å². The highest BCUT2D eigenvalue weighted by Crippen LogP contribution is 2.39. The molecule has 1 unspecified atom stereocenters. The predicted octanol–water partition coefficient (Wildman–Crippen LogP) is 5.04. The van der Waals surface area contributed by atoms with Crippen molar-refractivity contribution in [1.82, 2.24) is 0 Å². The Morgan fingerprint density at radius 1 is 1.24 bits per heavy atom. The van der Waals surface area contributed by atoms with Crippen LogP contribution in [0.25, 0.3) is 0 Å². The molecule has 0 aliphatic rings. The number of hydrogen-bond acceptors (Lipinski definition) is 2. The molecule has 1 heterocycles. The highest BCUT2D eigenvalue weighted by atomic mass is 79.9. The molecule has 1 nitrogen and oxygen atoms in total.